The molecule has 0 atom stereocenters. The van der Waals surface area contributed by atoms with Crippen LogP contribution in [-0.4, -0.2) is 15.5 Å². The van der Waals surface area contributed by atoms with Crippen LogP contribution in [0, 0.1) is 0 Å². The minimum atomic E-state index is -0.588. The Balaban J connectivity index is 1.82. The fourth-order valence-electron chi connectivity index (χ4n) is 2.78. The molecule has 0 bridgehead atoms. The fraction of sp³-hybridized carbons (Fsp3) is 0.235. The molecule has 1 aromatic carbocycles. The van der Waals surface area contributed by atoms with Gasteiger partial charge in [-0.1, -0.05) is 18.2 Å². The third-order valence-corrected chi connectivity index (χ3v) is 5.16. The van der Waals surface area contributed by atoms with Gasteiger partial charge in [0.15, 0.2) is 0 Å². The van der Waals surface area contributed by atoms with Crippen LogP contribution in [0.3, 0.4) is 0 Å². The number of pyridine rings is 1. The molecule has 1 amide bonds. The summed E-state index contributed by atoms with van der Waals surface area (Å²) in [6, 6.07) is 8.63. The van der Waals surface area contributed by atoms with Gasteiger partial charge in [0.1, 0.15) is 0 Å². The number of hydrogen-bond donors (Lipinski definition) is 1. The van der Waals surface area contributed by atoms with E-state index < -0.39 is 5.91 Å². The second-order valence-electron chi connectivity index (χ2n) is 5.82. The molecule has 4 rings (SSSR count). The van der Waals surface area contributed by atoms with Gasteiger partial charge in [-0.3, -0.25) is 9.59 Å². The lowest BCUT2D eigenvalue weighted by atomic mass is 10.1. The van der Waals surface area contributed by atoms with Crippen molar-refractivity contribution in [2.24, 2.45) is 5.73 Å². The Morgan fingerprint density at radius 3 is 2.87 bits per heavy atom. The first kappa shape index (κ1) is 14.1. The van der Waals surface area contributed by atoms with Crippen LogP contribution in [-0.2, 0) is 6.54 Å². The van der Waals surface area contributed by atoms with Crippen molar-refractivity contribution in [1.82, 2.24) is 9.55 Å². The van der Waals surface area contributed by atoms with Crippen LogP contribution in [0.5, 0.6) is 0 Å². The van der Waals surface area contributed by atoms with Gasteiger partial charge in [0.2, 0.25) is 5.91 Å². The monoisotopic (exact) mass is 325 g/mol. The number of thiazole rings is 1. The molecule has 3 aromatic rings. The number of carbonyl (C=O) groups excluding carboxylic acids is 1. The molecular formula is C17H15N3O2S. The molecule has 2 heterocycles. The van der Waals surface area contributed by atoms with Crippen LogP contribution < -0.4 is 11.3 Å². The van der Waals surface area contributed by atoms with Gasteiger partial charge in [0, 0.05) is 22.8 Å². The Hall–Kier alpha value is -2.47. The molecule has 2 aromatic heterocycles. The van der Waals surface area contributed by atoms with E-state index in [0.717, 1.165) is 10.7 Å². The molecule has 1 fully saturated rings. The third-order valence-electron chi connectivity index (χ3n) is 4.10. The van der Waals surface area contributed by atoms with Gasteiger partial charge in [-0.2, -0.15) is 0 Å². The summed E-state index contributed by atoms with van der Waals surface area (Å²) in [5, 5.41) is 3.86. The Bertz CT molecular complexity index is 969. The maximum absolute atomic E-state index is 12.4. The van der Waals surface area contributed by atoms with Crippen LogP contribution in [0.2, 0.25) is 0 Å². The van der Waals surface area contributed by atoms with E-state index in [1.165, 1.54) is 18.9 Å². The van der Waals surface area contributed by atoms with Crippen LogP contribution in [0.1, 0.15) is 39.8 Å². The molecule has 116 valence electrons. The number of para-hydroxylation sites is 1. The van der Waals surface area contributed by atoms with Gasteiger partial charge in [-0.25, -0.2) is 4.98 Å². The molecule has 2 N–H and O–H groups in total. The lowest BCUT2D eigenvalue weighted by Crippen LogP contribution is -2.24. The first-order valence-electron chi connectivity index (χ1n) is 7.50. The zero-order chi connectivity index (χ0) is 16.0. The van der Waals surface area contributed by atoms with Crippen LogP contribution in [0.15, 0.2) is 40.5 Å². The largest absolute Gasteiger partial charge is 0.366 e. The summed E-state index contributed by atoms with van der Waals surface area (Å²) in [7, 11) is 0. The van der Waals surface area contributed by atoms with Crippen molar-refractivity contribution in [3.8, 4) is 0 Å². The lowest BCUT2D eigenvalue weighted by molar-refractivity contribution is 0.100. The van der Waals surface area contributed by atoms with E-state index in [4.69, 9.17) is 5.73 Å². The topological polar surface area (TPSA) is 78.0 Å². The number of nitrogens with zero attached hydrogens (tertiary/aromatic N) is 2. The number of nitrogens with two attached hydrogens (primary N) is 1. The Labute approximate surface area is 136 Å². The predicted octanol–water partition coefficient (Wildman–Crippen LogP) is 2.48. The van der Waals surface area contributed by atoms with E-state index in [0.29, 0.717) is 23.4 Å². The van der Waals surface area contributed by atoms with E-state index >= 15 is 0 Å². The summed E-state index contributed by atoms with van der Waals surface area (Å²) < 4.78 is 1.65. The number of carbonyl (C=O) groups is 1. The van der Waals surface area contributed by atoms with Crippen LogP contribution in [0.25, 0.3) is 10.9 Å². The van der Waals surface area contributed by atoms with Crippen molar-refractivity contribution >= 4 is 28.1 Å². The first-order valence-corrected chi connectivity index (χ1v) is 8.38. The Kier molecular flexibility index (Phi) is 3.27. The number of benzene rings is 1. The standard InChI is InChI=1S/C17H15N3O2S/c18-16(22)13-7-15(21)20(14-4-2-1-3-12(13)14)8-11-9-23-17(19-11)10-5-6-10/h1-4,7,9-10H,5-6,8H2,(H2,18,22). The van der Waals surface area contributed by atoms with E-state index in [9.17, 15) is 9.59 Å². The molecule has 0 aliphatic heterocycles. The highest BCUT2D eigenvalue weighted by molar-refractivity contribution is 7.09. The van der Waals surface area contributed by atoms with E-state index in [1.807, 2.05) is 29.6 Å². The van der Waals surface area contributed by atoms with Crippen molar-refractivity contribution in [2.45, 2.75) is 25.3 Å². The predicted molar refractivity (Wildman–Crippen MR) is 89.9 cm³/mol. The number of aromatic nitrogens is 2. The minimum absolute atomic E-state index is 0.238. The van der Waals surface area contributed by atoms with Crippen molar-refractivity contribution in [2.75, 3.05) is 0 Å². The van der Waals surface area contributed by atoms with Gasteiger partial charge >= 0.3 is 0 Å². The van der Waals surface area contributed by atoms with E-state index in [2.05, 4.69) is 4.98 Å². The molecule has 0 unspecified atom stereocenters. The third kappa shape index (κ3) is 2.55. The Morgan fingerprint density at radius 1 is 1.35 bits per heavy atom. The second-order valence-corrected chi connectivity index (χ2v) is 6.70. The van der Waals surface area contributed by atoms with Crippen molar-refractivity contribution in [3.05, 3.63) is 62.3 Å². The summed E-state index contributed by atoms with van der Waals surface area (Å²) in [6.45, 7) is 0.404. The van der Waals surface area contributed by atoms with Gasteiger partial charge in [-0.05, 0) is 18.9 Å². The normalized spacial score (nSPS) is 14.3. The Morgan fingerprint density at radius 2 is 2.13 bits per heavy atom. The number of fused-ring (bicyclic) bond motifs is 1. The number of rotatable bonds is 4. The molecule has 1 aliphatic carbocycles. The zero-order valence-electron chi connectivity index (χ0n) is 12.4. The molecular weight excluding hydrogens is 310 g/mol. The molecule has 6 heteroatoms. The van der Waals surface area contributed by atoms with E-state index in [1.54, 1.807) is 15.9 Å². The maximum atomic E-state index is 12.4. The number of hydrogen-bond acceptors (Lipinski definition) is 4. The highest BCUT2D eigenvalue weighted by Gasteiger charge is 2.26. The quantitative estimate of drug-likeness (QED) is 0.800. The van der Waals surface area contributed by atoms with E-state index in [-0.39, 0.29) is 11.1 Å². The zero-order valence-corrected chi connectivity index (χ0v) is 13.2. The molecule has 0 spiro atoms. The average molecular weight is 325 g/mol. The summed E-state index contributed by atoms with van der Waals surface area (Å²) in [5.74, 6) is 0.0228. The van der Waals surface area contributed by atoms with Crippen LogP contribution in [0.4, 0.5) is 0 Å². The van der Waals surface area contributed by atoms with Gasteiger partial charge in [-0.15, -0.1) is 11.3 Å². The SMILES string of the molecule is NC(=O)c1cc(=O)n(Cc2csc(C3CC3)n2)c2ccccc12. The van der Waals surface area contributed by atoms with Gasteiger partial charge in [0.25, 0.3) is 5.56 Å². The molecule has 1 saturated carbocycles. The average Bonchev–Trinajstić information content (AvgIpc) is 3.29. The fourth-order valence-corrected chi connectivity index (χ4v) is 3.76. The first-order chi connectivity index (χ1) is 11.1. The summed E-state index contributed by atoms with van der Waals surface area (Å²) >= 11 is 1.66. The summed E-state index contributed by atoms with van der Waals surface area (Å²) in [6.07, 6.45) is 2.42. The molecule has 0 saturated heterocycles. The van der Waals surface area contributed by atoms with Gasteiger partial charge < -0.3 is 10.3 Å². The van der Waals surface area contributed by atoms with Crippen LogP contribution >= 0.6 is 11.3 Å². The highest BCUT2D eigenvalue weighted by atomic mass is 32.1. The molecule has 0 radical (unpaired) electrons. The molecule has 23 heavy (non-hydrogen) atoms. The summed E-state index contributed by atoms with van der Waals surface area (Å²) in [4.78, 5) is 28.7. The smallest absolute Gasteiger partial charge is 0.252 e. The van der Waals surface area contributed by atoms with Crippen molar-refractivity contribution < 1.29 is 4.79 Å². The molecule has 5 nitrogen and oxygen atoms in total. The maximum Gasteiger partial charge on any atom is 0.252 e. The van der Waals surface area contributed by atoms with Gasteiger partial charge in [0.05, 0.1) is 28.3 Å². The molecule has 1 aliphatic rings. The number of primary amides is 1. The summed E-state index contributed by atoms with van der Waals surface area (Å²) in [5.41, 5.74) is 7.01. The van der Waals surface area contributed by atoms with Crippen molar-refractivity contribution in [3.63, 3.8) is 0 Å². The van der Waals surface area contributed by atoms with Crippen molar-refractivity contribution in [1.29, 1.82) is 0 Å². The minimum Gasteiger partial charge on any atom is -0.366 e. The highest BCUT2D eigenvalue weighted by Crippen LogP contribution is 2.41. The lowest BCUT2D eigenvalue weighted by Gasteiger charge is -2.11. The second kappa shape index (κ2) is 5.31. The number of amides is 1.